The molecule has 0 aromatic rings. The first-order valence-corrected chi connectivity index (χ1v) is 21.1. The van der Waals surface area contributed by atoms with Gasteiger partial charge in [-0.15, -0.1) is 0 Å². The molecule has 0 aromatic heterocycles. The lowest BCUT2D eigenvalue weighted by Crippen LogP contribution is -2.31. The zero-order valence-electron chi connectivity index (χ0n) is 31.8. The first-order valence-electron chi connectivity index (χ1n) is 21.1. The number of unbranched alkanes of at least 4 members (excludes halogenated alkanes) is 28. The highest BCUT2D eigenvalue weighted by Crippen LogP contribution is 2.36. The maximum atomic E-state index is 6.73. The van der Waals surface area contributed by atoms with E-state index in [1.165, 1.54) is 199 Å². The highest BCUT2D eigenvalue weighted by Gasteiger charge is 2.40. The highest BCUT2D eigenvalue weighted by molar-refractivity contribution is 4.80. The summed E-state index contributed by atoms with van der Waals surface area (Å²) in [4.78, 5) is 2.29. The minimum absolute atomic E-state index is 0.282. The Morgan fingerprint density at radius 3 is 1.07 bits per heavy atom. The van der Waals surface area contributed by atoms with Gasteiger partial charge < -0.3 is 14.4 Å². The molecule has 0 spiro atoms. The Labute approximate surface area is 285 Å². The summed E-state index contributed by atoms with van der Waals surface area (Å²) >= 11 is 0. The van der Waals surface area contributed by atoms with Gasteiger partial charge in [0.15, 0.2) is 5.79 Å². The quantitative estimate of drug-likeness (QED) is 0.0639. The summed E-state index contributed by atoms with van der Waals surface area (Å²) in [7, 11) is 4.34. The summed E-state index contributed by atoms with van der Waals surface area (Å²) in [5.74, 6) is -0.282. The fraction of sp³-hybridized carbons (Fsp3) is 1.00. The summed E-state index contributed by atoms with van der Waals surface area (Å²) in [6, 6.07) is 0. The van der Waals surface area contributed by atoms with E-state index in [4.69, 9.17) is 9.47 Å². The van der Waals surface area contributed by atoms with Crippen molar-refractivity contribution in [1.82, 2.24) is 4.90 Å². The van der Waals surface area contributed by atoms with E-state index in [0.717, 1.165) is 32.4 Å². The van der Waals surface area contributed by atoms with Crippen molar-refractivity contribution in [2.75, 3.05) is 27.2 Å². The maximum Gasteiger partial charge on any atom is 0.168 e. The van der Waals surface area contributed by atoms with Gasteiger partial charge in [0.25, 0.3) is 0 Å². The fourth-order valence-corrected chi connectivity index (χ4v) is 7.31. The molecular formula is C42H85NO2. The minimum atomic E-state index is -0.282. The van der Waals surface area contributed by atoms with E-state index >= 15 is 0 Å². The third-order valence-corrected chi connectivity index (χ3v) is 10.4. The molecule has 0 unspecified atom stereocenters. The van der Waals surface area contributed by atoms with Crippen LogP contribution in [-0.2, 0) is 9.47 Å². The Bertz CT molecular complexity index is 545. The van der Waals surface area contributed by atoms with E-state index < -0.39 is 0 Å². The van der Waals surface area contributed by atoms with Gasteiger partial charge in [0, 0.05) is 12.8 Å². The monoisotopic (exact) mass is 636 g/mol. The molecule has 0 bridgehead atoms. The predicted molar refractivity (Wildman–Crippen MR) is 200 cm³/mol. The lowest BCUT2D eigenvalue weighted by atomic mass is 9.98. The minimum Gasteiger partial charge on any atom is -0.347 e. The van der Waals surface area contributed by atoms with Crippen molar-refractivity contribution in [1.29, 1.82) is 0 Å². The number of rotatable bonds is 36. The maximum absolute atomic E-state index is 6.73. The summed E-state index contributed by atoms with van der Waals surface area (Å²) < 4.78 is 13.2. The van der Waals surface area contributed by atoms with Crippen LogP contribution in [0.15, 0.2) is 0 Å². The Morgan fingerprint density at radius 1 is 0.444 bits per heavy atom. The molecular weight excluding hydrogens is 550 g/mol. The first-order chi connectivity index (χ1) is 22.1. The fourth-order valence-electron chi connectivity index (χ4n) is 7.31. The summed E-state index contributed by atoms with van der Waals surface area (Å²) in [6.45, 7) is 6.57. The van der Waals surface area contributed by atoms with Gasteiger partial charge in [-0.3, -0.25) is 0 Å². The van der Waals surface area contributed by atoms with E-state index in [1.54, 1.807) is 0 Å². The van der Waals surface area contributed by atoms with Crippen LogP contribution in [0.3, 0.4) is 0 Å². The highest BCUT2D eigenvalue weighted by atomic mass is 16.7. The largest absolute Gasteiger partial charge is 0.347 e. The van der Waals surface area contributed by atoms with Crippen molar-refractivity contribution in [3.05, 3.63) is 0 Å². The molecule has 0 aliphatic carbocycles. The van der Waals surface area contributed by atoms with Crippen LogP contribution in [0.4, 0.5) is 0 Å². The molecule has 3 heteroatoms. The smallest absolute Gasteiger partial charge is 0.168 e. The standard InChI is InChI=1S/C42H85NO2/c1-5-7-9-11-13-15-17-19-21-23-25-27-29-31-33-37-42(44-40-41(45-42)36-35-39-43(3)4)38-34-32-30-28-26-24-22-20-18-16-14-12-10-8-6-2/h41H,5-40H2,1-4H3/t41-/m0/s1. The number of hydrogen-bond donors (Lipinski definition) is 0. The molecule has 270 valence electrons. The molecule has 0 radical (unpaired) electrons. The molecule has 45 heavy (non-hydrogen) atoms. The average Bonchev–Trinajstić information content (AvgIpc) is 3.43. The van der Waals surface area contributed by atoms with Crippen LogP contribution in [0.5, 0.6) is 0 Å². The Kier molecular flexibility index (Phi) is 30.9. The molecule has 0 amide bonds. The van der Waals surface area contributed by atoms with Gasteiger partial charge in [-0.1, -0.05) is 194 Å². The van der Waals surface area contributed by atoms with Crippen LogP contribution in [0, 0.1) is 0 Å². The molecule has 0 saturated carbocycles. The van der Waals surface area contributed by atoms with Crippen molar-refractivity contribution in [3.63, 3.8) is 0 Å². The van der Waals surface area contributed by atoms with Crippen molar-refractivity contribution in [2.45, 2.75) is 244 Å². The second-order valence-corrected chi connectivity index (χ2v) is 15.3. The molecule has 1 fully saturated rings. The molecule has 1 saturated heterocycles. The normalized spacial score (nSPS) is 16.3. The number of hydrogen-bond acceptors (Lipinski definition) is 3. The van der Waals surface area contributed by atoms with E-state index in [1.807, 2.05) is 0 Å². The third-order valence-electron chi connectivity index (χ3n) is 10.4. The van der Waals surface area contributed by atoms with Crippen molar-refractivity contribution < 1.29 is 9.47 Å². The molecule has 1 atom stereocenters. The third kappa shape index (κ3) is 27.5. The summed E-state index contributed by atoms with van der Waals surface area (Å²) in [5, 5.41) is 0. The van der Waals surface area contributed by atoms with Gasteiger partial charge in [0.05, 0.1) is 12.7 Å². The zero-order chi connectivity index (χ0) is 32.5. The van der Waals surface area contributed by atoms with Gasteiger partial charge >= 0.3 is 0 Å². The molecule has 1 aliphatic rings. The lowest BCUT2D eigenvalue weighted by Gasteiger charge is -2.28. The molecule has 0 aromatic carbocycles. The van der Waals surface area contributed by atoms with Gasteiger partial charge in [-0.25, -0.2) is 0 Å². The van der Waals surface area contributed by atoms with Crippen LogP contribution in [-0.4, -0.2) is 44.0 Å². The topological polar surface area (TPSA) is 21.7 Å². The second-order valence-electron chi connectivity index (χ2n) is 15.3. The van der Waals surface area contributed by atoms with Crippen LogP contribution in [0.25, 0.3) is 0 Å². The van der Waals surface area contributed by atoms with Gasteiger partial charge in [-0.05, 0) is 46.3 Å². The molecule has 3 nitrogen and oxygen atoms in total. The predicted octanol–water partition coefficient (Wildman–Crippen LogP) is 14.0. The summed E-state index contributed by atoms with van der Waals surface area (Å²) in [6.07, 6.45) is 47.4. The molecule has 0 N–H and O–H groups in total. The van der Waals surface area contributed by atoms with E-state index in [9.17, 15) is 0 Å². The Morgan fingerprint density at radius 2 is 0.756 bits per heavy atom. The van der Waals surface area contributed by atoms with E-state index in [-0.39, 0.29) is 5.79 Å². The SMILES string of the molecule is CCCCCCCCCCCCCCCCCC1(CCCCCCCCCCCCCCCCC)OC[C@H](CCCN(C)C)O1. The van der Waals surface area contributed by atoms with Gasteiger partial charge in [-0.2, -0.15) is 0 Å². The van der Waals surface area contributed by atoms with Crippen LogP contribution >= 0.6 is 0 Å². The molecule has 1 rings (SSSR count). The Hall–Kier alpha value is -0.120. The first kappa shape index (κ1) is 42.9. The van der Waals surface area contributed by atoms with Crippen molar-refractivity contribution in [3.8, 4) is 0 Å². The van der Waals surface area contributed by atoms with E-state index in [2.05, 4.69) is 32.8 Å². The van der Waals surface area contributed by atoms with Crippen molar-refractivity contribution >= 4 is 0 Å². The zero-order valence-corrected chi connectivity index (χ0v) is 31.8. The number of nitrogens with zero attached hydrogens (tertiary/aromatic N) is 1. The van der Waals surface area contributed by atoms with Gasteiger partial charge in [0.1, 0.15) is 0 Å². The Balaban J connectivity index is 2.12. The van der Waals surface area contributed by atoms with Crippen LogP contribution in [0.2, 0.25) is 0 Å². The lowest BCUT2D eigenvalue weighted by molar-refractivity contribution is -0.180. The van der Waals surface area contributed by atoms with E-state index in [0.29, 0.717) is 6.10 Å². The van der Waals surface area contributed by atoms with Crippen LogP contribution < -0.4 is 0 Å². The van der Waals surface area contributed by atoms with Crippen LogP contribution in [0.1, 0.15) is 232 Å². The van der Waals surface area contributed by atoms with Gasteiger partial charge in [0.2, 0.25) is 0 Å². The summed E-state index contributed by atoms with van der Waals surface area (Å²) in [5.41, 5.74) is 0. The second kappa shape index (κ2) is 32.4. The average molecular weight is 636 g/mol. The molecule has 1 aliphatic heterocycles. The van der Waals surface area contributed by atoms with Crippen molar-refractivity contribution in [2.24, 2.45) is 0 Å². The number of ether oxygens (including phenoxy) is 2. The molecule has 1 heterocycles.